The van der Waals surface area contributed by atoms with E-state index in [0.29, 0.717) is 5.75 Å². The standard InChI is InChI=1S/C19H15F3N2O5/c1-10(28-18(26)14-7-6-13(27-2)9-15(14)25)17-23-16(24-29-17)11-4-3-5-12(8-11)19(20,21)22/h3-10,25H,1-2H3. The Morgan fingerprint density at radius 1 is 1.21 bits per heavy atom. The molecule has 0 saturated carbocycles. The molecule has 1 aromatic heterocycles. The highest BCUT2D eigenvalue weighted by Gasteiger charge is 2.31. The number of rotatable bonds is 5. The van der Waals surface area contributed by atoms with E-state index in [9.17, 15) is 23.1 Å². The molecule has 0 fully saturated rings. The normalized spacial score (nSPS) is 12.4. The number of aromatic nitrogens is 2. The average molecular weight is 408 g/mol. The van der Waals surface area contributed by atoms with Gasteiger partial charge in [0.25, 0.3) is 5.89 Å². The highest BCUT2D eigenvalue weighted by molar-refractivity contribution is 5.92. The monoisotopic (exact) mass is 408 g/mol. The van der Waals surface area contributed by atoms with Gasteiger partial charge in [0, 0.05) is 11.6 Å². The van der Waals surface area contributed by atoms with Crippen LogP contribution < -0.4 is 4.74 Å². The van der Waals surface area contributed by atoms with Crippen LogP contribution in [-0.4, -0.2) is 28.3 Å². The number of methoxy groups -OCH3 is 1. The van der Waals surface area contributed by atoms with Crippen LogP contribution in [0.15, 0.2) is 47.0 Å². The van der Waals surface area contributed by atoms with Crippen molar-refractivity contribution in [3.05, 3.63) is 59.5 Å². The number of esters is 1. The van der Waals surface area contributed by atoms with Crippen LogP contribution in [0.2, 0.25) is 0 Å². The number of benzene rings is 2. The minimum atomic E-state index is -4.51. The minimum absolute atomic E-state index is 0.0821. The van der Waals surface area contributed by atoms with Crippen LogP contribution in [0.4, 0.5) is 13.2 Å². The third-order valence-electron chi connectivity index (χ3n) is 3.95. The van der Waals surface area contributed by atoms with E-state index in [-0.39, 0.29) is 28.6 Å². The van der Waals surface area contributed by atoms with E-state index in [1.54, 1.807) is 0 Å². The highest BCUT2D eigenvalue weighted by Crippen LogP contribution is 2.32. The molecular formula is C19H15F3N2O5. The number of phenolic OH excluding ortho intramolecular Hbond substituents is 1. The number of nitrogens with zero attached hydrogens (tertiary/aromatic N) is 2. The molecule has 1 heterocycles. The number of alkyl halides is 3. The van der Waals surface area contributed by atoms with E-state index >= 15 is 0 Å². The molecule has 7 nitrogen and oxygen atoms in total. The SMILES string of the molecule is COc1ccc(C(=O)OC(C)c2nc(-c3cccc(C(F)(F)F)c3)no2)c(O)c1. The van der Waals surface area contributed by atoms with E-state index in [2.05, 4.69) is 10.1 Å². The largest absolute Gasteiger partial charge is 0.507 e. The smallest absolute Gasteiger partial charge is 0.416 e. The van der Waals surface area contributed by atoms with Crippen LogP contribution in [0.5, 0.6) is 11.5 Å². The Morgan fingerprint density at radius 3 is 2.62 bits per heavy atom. The summed E-state index contributed by atoms with van der Waals surface area (Å²) in [4.78, 5) is 16.2. The van der Waals surface area contributed by atoms with Crippen molar-refractivity contribution >= 4 is 5.97 Å². The van der Waals surface area contributed by atoms with E-state index < -0.39 is 23.8 Å². The summed E-state index contributed by atoms with van der Waals surface area (Å²) >= 11 is 0. The lowest BCUT2D eigenvalue weighted by atomic mass is 10.1. The Balaban J connectivity index is 1.76. The molecule has 10 heteroatoms. The molecule has 0 radical (unpaired) electrons. The van der Waals surface area contributed by atoms with E-state index in [1.807, 2.05) is 0 Å². The minimum Gasteiger partial charge on any atom is -0.507 e. The molecule has 1 N–H and O–H groups in total. The second kappa shape index (κ2) is 7.82. The van der Waals surface area contributed by atoms with Gasteiger partial charge < -0.3 is 19.1 Å². The molecule has 1 unspecified atom stereocenters. The van der Waals surface area contributed by atoms with Crippen LogP contribution in [0.1, 0.15) is 34.8 Å². The van der Waals surface area contributed by atoms with Crippen LogP contribution in [0, 0.1) is 0 Å². The zero-order valence-electron chi connectivity index (χ0n) is 15.2. The molecule has 1 atom stereocenters. The van der Waals surface area contributed by atoms with Crippen molar-refractivity contribution in [3.8, 4) is 22.9 Å². The molecule has 0 spiro atoms. The van der Waals surface area contributed by atoms with E-state index in [4.69, 9.17) is 14.0 Å². The van der Waals surface area contributed by atoms with Gasteiger partial charge in [-0.15, -0.1) is 0 Å². The van der Waals surface area contributed by atoms with Crippen LogP contribution >= 0.6 is 0 Å². The number of aromatic hydroxyl groups is 1. The Labute approximate surface area is 162 Å². The Kier molecular flexibility index (Phi) is 5.44. The summed E-state index contributed by atoms with van der Waals surface area (Å²) in [6, 6.07) is 8.49. The zero-order valence-corrected chi connectivity index (χ0v) is 15.2. The van der Waals surface area contributed by atoms with Crippen LogP contribution in [0.3, 0.4) is 0 Å². The molecule has 0 aliphatic rings. The second-order valence-corrected chi connectivity index (χ2v) is 5.97. The van der Waals surface area contributed by atoms with E-state index in [1.165, 1.54) is 44.4 Å². The van der Waals surface area contributed by atoms with Gasteiger partial charge in [-0.1, -0.05) is 17.3 Å². The zero-order chi connectivity index (χ0) is 21.2. The molecule has 29 heavy (non-hydrogen) atoms. The van der Waals surface area contributed by atoms with Gasteiger partial charge in [0.05, 0.1) is 12.7 Å². The number of phenols is 1. The first-order valence-electron chi connectivity index (χ1n) is 8.28. The predicted octanol–water partition coefficient (Wildman–Crippen LogP) is 4.39. The first-order chi connectivity index (χ1) is 13.7. The van der Waals surface area contributed by atoms with E-state index in [0.717, 1.165) is 12.1 Å². The lowest BCUT2D eigenvalue weighted by molar-refractivity contribution is -0.137. The molecule has 3 aromatic rings. The van der Waals surface area contributed by atoms with Crippen molar-refractivity contribution in [2.45, 2.75) is 19.2 Å². The summed E-state index contributed by atoms with van der Waals surface area (Å²) in [5.41, 5.74) is -0.854. The fraction of sp³-hybridized carbons (Fsp3) is 0.211. The van der Waals surface area contributed by atoms with Crippen LogP contribution in [0.25, 0.3) is 11.4 Å². The van der Waals surface area contributed by atoms with Gasteiger partial charge in [-0.25, -0.2) is 4.79 Å². The Hall–Kier alpha value is -3.56. The summed E-state index contributed by atoms with van der Waals surface area (Å²) in [6.45, 7) is 1.45. The summed E-state index contributed by atoms with van der Waals surface area (Å²) in [6.07, 6.45) is -5.51. The van der Waals surface area contributed by atoms with Gasteiger partial charge in [0.15, 0.2) is 6.10 Å². The van der Waals surface area contributed by atoms with Crippen molar-refractivity contribution in [3.63, 3.8) is 0 Å². The first-order valence-corrected chi connectivity index (χ1v) is 8.28. The maximum atomic E-state index is 12.9. The third kappa shape index (κ3) is 4.48. The molecule has 0 aliphatic heterocycles. The van der Waals surface area contributed by atoms with Gasteiger partial charge >= 0.3 is 12.1 Å². The van der Waals surface area contributed by atoms with Gasteiger partial charge in [0.1, 0.15) is 17.1 Å². The molecule has 0 bridgehead atoms. The van der Waals surface area contributed by atoms with Crippen molar-refractivity contribution in [2.24, 2.45) is 0 Å². The average Bonchev–Trinajstić information content (AvgIpc) is 3.17. The Morgan fingerprint density at radius 2 is 1.97 bits per heavy atom. The summed E-state index contributed by atoms with van der Waals surface area (Å²) in [5, 5.41) is 13.5. The third-order valence-corrected chi connectivity index (χ3v) is 3.95. The number of halogens is 3. The topological polar surface area (TPSA) is 94.7 Å². The summed E-state index contributed by atoms with van der Waals surface area (Å²) in [7, 11) is 1.41. The molecule has 0 amide bonds. The number of ether oxygens (including phenoxy) is 2. The van der Waals surface area contributed by atoms with Crippen molar-refractivity contribution in [1.29, 1.82) is 0 Å². The number of hydrogen-bond acceptors (Lipinski definition) is 7. The van der Waals surface area contributed by atoms with Gasteiger partial charge in [-0.2, -0.15) is 18.2 Å². The second-order valence-electron chi connectivity index (χ2n) is 5.97. The number of carbonyl (C=O) groups excluding carboxylic acids is 1. The number of carbonyl (C=O) groups is 1. The molecule has 0 aliphatic carbocycles. The molecule has 0 saturated heterocycles. The van der Waals surface area contributed by atoms with Gasteiger partial charge in [-0.05, 0) is 31.2 Å². The highest BCUT2D eigenvalue weighted by atomic mass is 19.4. The fourth-order valence-electron chi connectivity index (χ4n) is 2.44. The number of hydrogen-bond donors (Lipinski definition) is 1. The summed E-state index contributed by atoms with van der Waals surface area (Å²) < 4.78 is 53.7. The molecule has 2 aromatic carbocycles. The quantitative estimate of drug-likeness (QED) is 0.626. The van der Waals surface area contributed by atoms with Crippen molar-refractivity contribution < 1.29 is 37.1 Å². The van der Waals surface area contributed by atoms with Crippen molar-refractivity contribution in [2.75, 3.05) is 7.11 Å². The Bertz CT molecular complexity index is 1030. The molecule has 3 rings (SSSR count). The van der Waals surface area contributed by atoms with Crippen LogP contribution in [-0.2, 0) is 10.9 Å². The fourth-order valence-corrected chi connectivity index (χ4v) is 2.44. The molecular weight excluding hydrogens is 393 g/mol. The van der Waals surface area contributed by atoms with Gasteiger partial charge in [0.2, 0.25) is 5.82 Å². The lowest BCUT2D eigenvalue weighted by Crippen LogP contribution is -2.10. The van der Waals surface area contributed by atoms with Crippen molar-refractivity contribution in [1.82, 2.24) is 10.1 Å². The predicted molar refractivity (Wildman–Crippen MR) is 93.2 cm³/mol. The first kappa shape index (κ1) is 20.2. The maximum Gasteiger partial charge on any atom is 0.416 e. The van der Waals surface area contributed by atoms with Gasteiger partial charge in [-0.3, -0.25) is 0 Å². The summed E-state index contributed by atoms with van der Waals surface area (Å²) in [5.74, 6) is -1.03. The molecule has 152 valence electrons. The maximum absolute atomic E-state index is 12.9. The lowest BCUT2D eigenvalue weighted by Gasteiger charge is -2.10.